The van der Waals surface area contributed by atoms with Crippen molar-refractivity contribution < 1.29 is 47.6 Å². The van der Waals surface area contributed by atoms with Gasteiger partial charge in [0.25, 0.3) is 5.56 Å². The average Bonchev–Trinajstić information content (AvgIpc) is 3.06. The summed E-state index contributed by atoms with van der Waals surface area (Å²) in [6.45, 7) is -0.870. The zero-order valence-corrected chi connectivity index (χ0v) is 18.4. The van der Waals surface area contributed by atoms with Crippen LogP contribution < -0.4 is 11.3 Å². The van der Waals surface area contributed by atoms with E-state index < -0.39 is 52.4 Å². The molecule has 29 heavy (non-hydrogen) atoms. The van der Waals surface area contributed by atoms with Crippen LogP contribution in [0.4, 0.5) is 5.95 Å². The zero-order chi connectivity index (χ0) is 20.9. The number of hydrogen-bond acceptors (Lipinski definition) is 11. The number of rotatable bonds is 6. The predicted molar refractivity (Wildman–Crippen MR) is 93.1 cm³/mol. The standard InChI is InChI=1S/C10H15N5O11P2.Na/c11-10-13-7-4(8(18)14-10)12-2-15(7)9-6(17)5(16)3(25-9)1-24-28(22,23)26-27(19,20)21;/h2-3,5-6,9,16-17H,1H2,(H,22,23)(H2,19,20,21)(H3,11,13,14,18);. The minimum Gasteiger partial charge on any atom is -0.387 e. The summed E-state index contributed by atoms with van der Waals surface area (Å²) in [6.07, 6.45) is -4.88. The van der Waals surface area contributed by atoms with Gasteiger partial charge in [0.05, 0.1) is 12.9 Å². The molecule has 19 heteroatoms. The first kappa shape index (κ1) is 24.6. The van der Waals surface area contributed by atoms with Gasteiger partial charge in [-0.15, -0.1) is 0 Å². The Morgan fingerprint density at radius 3 is 2.55 bits per heavy atom. The van der Waals surface area contributed by atoms with Crippen LogP contribution in [0.15, 0.2) is 11.1 Å². The Labute approximate surface area is 182 Å². The molecule has 16 nitrogen and oxygen atoms in total. The maximum Gasteiger partial charge on any atom is 0.481 e. The van der Waals surface area contributed by atoms with Crippen LogP contribution in [0.2, 0.25) is 0 Å². The molecular weight excluding hydrogens is 451 g/mol. The van der Waals surface area contributed by atoms with Gasteiger partial charge in [0.2, 0.25) is 5.95 Å². The van der Waals surface area contributed by atoms with Gasteiger partial charge in [0.1, 0.15) is 18.3 Å². The molecule has 2 aromatic heterocycles. The van der Waals surface area contributed by atoms with E-state index in [4.69, 9.17) is 20.3 Å². The van der Waals surface area contributed by atoms with E-state index in [0.29, 0.717) is 0 Å². The van der Waals surface area contributed by atoms with E-state index in [1.54, 1.807) is 0 Å². The van der Waals surface area contributed by atoms with Crippen molar-refractivity contribution in [1.29, 1.82) is 0 Å². The Morgan fingerprint density at radius 2 is 1.93 bits per heavy atom. The Kier molecular flexibility index (Phi) is 7.45. The molecule has 8 N–H and O–H groups in total. The summed E-state index contributed by atoms with van der Waals surface area (Å²) in [4.78, 5) is 48.1. The quantitative estimate of drug-likeness (QED) is 0.167. The summed E-state index contributed by atoms with van der Waals surface area (Å²) < 4.78 is 36.6. The van der Waals surface area contributed by atoms with E-state index in [9.17, 15) is 29.0 Å². The van der Waals surface area contributed by atoms with Crippen LogP contribution in [0, 0.1) is 0 Å². The molecule has 157 valence electrons. The van der Waals surface area contributed by atoms with E-state index in [0.717, 1.165) is 10.9 Å². The minimum absolute atomic E-state index is 0. The number of H-pyrrole nitrogens is 1. The Balaban J connectivity index is 0.00000300. The van der Waals surface area contributed by atoms with Crippen LogP contribution in [0.3, 0.4) is 0 Å². The van der Waals surface area contributed by atoms with E-state index in [2.05, 4.69) is 23.8 Å². The number of fused-ring (bicyclic) bond motifs is 1. The van der Waals surface area contributed by atoms with Gasteiger partial charge in [-0.25, -0.2) is 14.1 Å². The first-order valence-electron chi connectivity index (χ1n) is 7.36. The topological polar surface area (TPSA) is 253 Å². The monoisotopic (exact) mass is 466 g/mol. The molecule has 0 amide bonds. The van der Waals surface area contributed by atoms with Crippen molar-refractivity contribution in [3.63, 3.8) is 0 Å². The minimum atomic E-state index is -5.32. The van der Waals surface area contributed by atoms with Crippen molar-refractivity contribution in [2.75, 3.05) is 12.3 Å². The number of aliphatic hydroxyl groups excluding tert-OH is 2. The number of imidazole rings is 1. The van der Waals surface area contributed by atoms with Gasteiger partial charge in [-0.3, -0.25) is 18.9 Å². The maximum atomic E-state index is 11.8. The van der Waals surface area contributed by atoms with Crippen LogP contribution in [-0.4, -0.2) is 98.9 Å². The van der Waals surface area contributed by atoms with Gasteiger partial charge in [-0.2, -0.15) is 9.29 Å². The van der Waals surface area contributed by atoms with Crippen molar-refractivity contribution in [3.05, 3.63) is 16.7 Å². The molecule has 1 aliphatic rings. The second kappa shape index (κ2) is 8.80. The Morgan fingerprint density at radius 1 is 1.28 bits per heavy atom. The smallest absolute Gasteiger partial charge is 0.387 e. The molecule has 1 aliphatic heterocycles. The van der Waals surface area contributed by atoms with Crippen LogP contribution in [0.25, 0.3) is 11.2 Å². The molecule has 0 bridgehead atoms. The number of nitrogens with two attached hydrogens (primary N) is 1. The van der Waals surface area contributed by atoms with Gasteiger partial charge in [0.15, 0.2) is 17.4 Å². The summed E-state index contributed by atoms with van der Waals surface area (Å²) in [6, 6.07) is 0. The number of nitrogens with zero attached hydrogens (tertiary/aromatic N) is 3. The van der Waals surface area contributed by atoms with Crippen molar-refractivity contribution in [1.82, 2.24) is 19.5 Å². The fourth-order valence-electron chi connectivity index (χ4n) is 2.55. The van der Waals surface area contributed by atoms with Gasteiger partial charge < -0.3 is 35.4 Å². The molecule has 5 atom stereocenters. The maximum absolute atomic E-state index is 11.8. The molecule has 0 spiro atoms. The van der Waals surface area contributed by atoms with Gasteiger partial charge in [0, 0.05) is 29.6 Å². The number of hydrogen-bond donors (Lipinski definition) is 7. The van der Waals surface area contributed by atoms with Crippen LogP contribution in [0.1, 0.15) is 6.23 Å². The number of nitrogens with one attached hydrogen (secondary N) is 1. The number of aromatic nitrogens is 4. The number of phosphoric acid groups is 2. The van der Waals surface area contributed by atoms with Crippen molar-refractivity contribution in [3.8, 4) is 0 Å². The first-order valence-corrected chi connectivity index (χ1v) is 10.4. The van der Waals surface area contributed by atoms with Crippen molar-refractivity contribution in [2.24, 2.45) is 0 Å². The molecule has 0 aromatic carbocycles. The third-order valence-electron chi connectivity index (χ3n) is 3.67. The van der Waals surface area contributed by atoms with Crippen molar-refractivity contribution >= 4 is 62.3 Å². The molecule has 1 saturated heterocycles. The van der Waals surface area contributed by atoms with Crippen LogP contribution in [-0.2, 0) is 22.7 Å². The molecule has 5 unspecified atom stereocenters. The van der Waals surface area contributed by atoms with Gasteiger partial charge in [-0.1, -0.05) is 0 Å². The number of nitrogen functional groups attached to an aromatic ring is 1. The molecule has 3 heterocycles. The molecular formula is C10H15N5NaO11P2. The largest absolute Gasteiger partial charge is 0.481 e. The number of aromatic amines is 1. The summed E-state index contributed by atoms with van der Waals surface area (Å²) in [5.41, 5.74) is 4.65. The van der Waals surface area contributed by atoms with Crippen molar-refractivity contribution in [2.45, 2.75) is 24.5 Å². The number of anilines is 1. The second-order valence-corrected chi connectivity index (χ2v) is 8.49. The predicted octanol–water partition coefficient (Wildman–Crippen LogP) is -2.83. The summed E-state index contributed by atoms with van der Waals surface area (Å²) in [5.74, 6) is -0.233. The summed E-state index contributed by atoms with van der Waals surface area (Å²) in [5, 5.41) is 20.3. The van der Waals surface area contributed by atoms with E-state index in [1.165, 1.54) is 0 Å². The summed E-state index contributed by atoms with van der Waals surface area (Å²) in [7, 11) is -10.5. The molecule has 1 fully saturated rings. The number of ether oxygens (including phenoxy) is 1. The molecule has 3 rings (SSSR count). The zero-order valence-electron chi connectivity index (χ0n) is 14.6. The van der Waals surface area contributed by atoms with Gasteiger partial charge >= 0.3 is 15.6 Å². The normalized spacial score (nSPS) is 26.9. The average molecular weight is 466 g/mol. The SMILES string of the molecule is Nc1nc2c(ncn2C2OC(COP(=O)(O)OP(=O)(O)O)C(O)C2O)c(=O)[nH]1.[Na]. The molecule has 0 aliphatic carbocycles. The third-order valence-corrected chi connectivity index (χ3v) is 5.83. The third kappa shape index (κ3) is 5.51. The molecule has 0 saturated carbocycles. The Hall–Kier alpha value is -0.710. The van der Waals surface area contributed by atoms with Gasteiger partial charge in [-0.05, 0) is 0 Å². The van der Waals surface area contributed by atoms with Crippen LogP contribution in [0.5, 0.6) is 0 Å². The number of phosphoric ester groups is 1. The number of aliphatic hydroxyl groups is 2. The molecule has 1 radical (unpaired) electrons. The fourth-order valence-corrected chi connectivity index (χ4v) is 4.15. The Bertz CT molecular complexity index is 1040. The molecule has 2 aromatic rings. The van der Waals surface area contributed by atoms with E-state index in [-0.39, 0.29) is 46.7 Å². The van der Waals surface area contributed by atoms with E-state index >= 15 is 0 Å². The first-order chi connectivity index (χ1) is 12.9. The van der Waals surface area contributed by atoms with E-state index in [1.807, 2.05) is 0 Å². The second-order valence-electron chi connectivity index (χ2n) is 5.66. The summed E-state index contributed by atoms with van der Waals surface area (Å²) >= 11 is 0. The fraction of sp³-hybridized carbons (Fsp3) is 0.500. The van der Waals surface area contributed by atoms with Crippen LogP contribution >= 0.6 is 15.6 Å².